The van der Waals surface area contributed by atoms with Crippen LogP contribution in [0.4, 0.5) is 51.2 Å². The first-order chi connectivity index (χ1) is 33.2. The highest BCUT2D eigenvalue weighted by atomic mass is 16.5. The van der Waals surface area contributed by atoms with Crippen LogP contribution in [0.1, 0.15) is 27.8 Å². The molecule has 0 N–H and O–H groups in total. The number of para-hydroxylation sites is 7. The summed E-state index contributed by atoms with van der Waals surface area (Å²) in [5.74, 6) is 1.69. The smallest absolute Gasteiger partial charge is 0.252 e. The second-order valence-corrected chi connectivity index (χ2v) is 18.5. The van der Waals surface area contributed by atoms with Crippen LogP contribution in [0.5, 0.6) is 11.5 Å². The van der Waals surface area contributed by atoms with Gasteiger partial charge in [-0.2, -0.15) is 0 Å². The Hall–Kier alpha value is -8.54. The highest BCUT2D eigenvalue weighted by Crippen LogP contribution is 2.64. The summed E-state index contributed by atoms with van der Waals surface area (Å²) < 4.78 is 6.52. The Morgan fingerprint density at radius 3 is 1.49 bits per heavy atom. The van der Waals surface area contributed by atoms with Gasteiger partial charge in [0.2, 0.25) is 0 Å². The van der Waals surface area contributed by atoms with Gasteiger partial charge in [-0.25, -0.2) is 0 Å². The van der Waals surface area contributed by atoms with Crippen LogP contribution in [0.2, 0.25) is 0 Å². The summed E-state index contributed by atoms with van der Waals surface area (Å²) in [4.78, 5) is 7.43. The van der Waals surface area contributed by atoms with Gasteiger partial charge >= 0.3 is 0 Å². The Morgan fingerprint density at radius 2 is 0.836 bits per heavy atom. The number of rotatable bonds is 3. The molecule has 1 atom stereocenters. The van der Waals surface area contributed by atoms with Crippen LogP contribution in [-0.4, -0.2) is 6.71 Å². The van der Waals surface area contributed by atoms with Crippen molar-refractivity contribution in [3.63, 3.8) is 0 Å². The van der Waals surface area contributed by atoms with E-state index in [4.69, 9.17) is 4.74 Å². The Labute approximate surface area is 390 Å². The summed E-state index contributed by atoms with van der Waals surface area (Å²) in [6, 6.07) is 83.3. The zero-order chi connectivity index (χ0) is 44.0. The maximum absolute atomic E-state index is 6.52. The van der Waals surface area contributed by atoms with Crippen molar-refractivity contribution in [3.8, 4) is 33.8 Å². The molecule has 3 heterocycles. The van der Waals surface area contributed by atoms with Crippen molar-refractivity contribution >= 4 is 74.3 Å². The molecule has 2 aliphatic carbocycles. The van der Waals surface area contributed by atoms with Gasteiger partial charge in [0, 0.05) is 39.8 Å². The van der Waals surface area contributed by atoms with Crippen molar-refractivity contribution in [2.45, 2.75) is 12.3 Å². The number of benzene rings is 10. The lowest BCUT2D eigenvalue weighted by atomic mass is 9.33. The van der Waals surface area contributed by atoms with Crippen LogP contribution >= 0.6 is 0 Å². The summed E-state index contributed by atoms with van der Waals surface area (Å²) in [5.41, 5.74) is 25.3. The second kappa shape index (κ2) is 13.5. The van der Waals surface area contributed by atoms with Crippen LogP contribution in [-0.2, 0) is 5.41 Å². The van der Waals surface area contributed by atoms with Gasteiger partial charge in [-0.3, -0.25) is 0 Å². The van der Waals surface area contributed by atoms with Gasteiger partial charge in [-0.15, -0.1) is 0 Å². The highest BCUT2D eigenvalue weighted by molar-refractivity contribution is 7.00. The zero-order valence-corrected chi connectivity index (χ0v) is 36.7. The van der Waals surface area contributed by atoms with Crippen LogP contribution in [0, 0.1) is 6.92 Å². The summed E-state index contributed by atoms with van der Waals surface area (Å²) in [6.45, 7) is 2.25. The van der Waals surface area contributed by atoms with E-state index in [1.54, 1.807) is 0 Å². The van der Waals surface area contributed by atoms with Gasteiger partial charge < -0.3 is 19.4 Å². The molecule has 5 aliphatic rings. The van der Waals surface area contributed by atoms with E-state index in [0.29, 0.717) is 0 Å². The SMILES string of the molecule is Cc1cc2c3c(c1)N(c1ccccc1)c1cc4c(cc1B3c1ccccc1N2c1ccccc1)-c1ccccc1C41c2ccccc2-c2ccc(N3c4ccccc4Oc4ccccc43)cc21. The fourth-order valence-corrected chi connectivity index (χ4v) is 12.5. The predicted octanol–water partition coefficient (Wildman–Crippen LogP) is 14.0. The lowest BCUT2D eigenvalue weighted by Gasteiger charge is -2.45. The maximum atomic E-state index is 6.52. The Balaban J connectivity index is 1.03. The lowest BCUT2D eigenvalue weighted by Crippen LogP contribution is -2.61. The first-order valence-corrected chi connectivity index (χ1v) is 23.3. The molecule has 312 valence electrons. The van der Waals surface area contributed by atoms with Gasteiger partial charge in [0.25, 0.3) is 6.71 Å². The predicted molar refractivity (Wildman–Crippen MR) is 276 cm³/mol. The number of hydrogen-bond donors (Lipinski definition) is 0. The van der Waals surface area contributed by atoms with Crippen LogP contribution in [0.3, 0.4) is 0 Å². The summed E-state index contributed by atoms with van der Waals surface area (Å²) >= 11 is 0. The third kappa shape index (κ3) is 4.82. The second-order valence-electron chi connectivity index (χ2n) is 18.5. The van der Waals surface area contributed by atoms with Crippen molar-refractivity contribution in [2.75, 3.05) is 14.7 Å². The van der Waals surface area contributed by atoms with Crippen LogP contribution < -0.4 is 35.8 Å². The first-order valence-electron chi connectivity index (χ1n) is 23.3. The topological polar surface area (TPSA) is 19.0 Å². The van der Waals surface area contributed by atoms with E-state index in [1.807, 2.05) is 0 Å². The molecule has 0 radical (unpaired) electrons. The zero-order valence-electron chi connectivity index (χ0n) is 36.7. The molecule has 10 aromatic carbocycles. The van der Waals surface area contributed by atoms with E-state index in [2.05, 4.69) is 246 Å². The number of anilines is 9. The van der Waals surface area contributed by atoms with E-state index >= 15 is 0 Å². The van der Waals surface area contributed by atoms with Crippen LogP contribution in [0.15, 0.2) is 224 Å². The Kier molecular flexibility index (Phi) is 7.41. The fraction of sp³-hybridized carbons (Fsp3) is 0.0323. The van der Waals surface area contributed by atoms with Crippen molar-refractivity contribution in [3.05, 3.63) is 252 Å². The Bertz CT molecular complexity index is 3690. The molecule has 0 amide bonds. The molecule has 67 heavy (non-hydrogen) atoms. The standard InChI is InChI=1S/C62H40BN3O/c1-39-34-57-61-58(35-39)65(41-20-6-3-7-21-41)56-38-50-46(37-52(56)63(61)51-26-12-13-27-53(51)64(57)40-18-4-2-5-19-40)44-23-9-11-25-48(44)62(50)47-24-10-8-22-43(47)45-33-32-42(36-49(45)62)66-54-28-14-16-30-59(54)67-60-31-17-15-29-55(60)66/h2-38H,1H3. The monoisotopic (exact) mass is 853 g/mol. The lowest BCUT2D eigenvalue weighted by molar-refractivity contribution is 0.477. The highest BCUT2D eigenvalue weighted by Gasteiger charge is 2.54. The van der Waals surface area contributed by atoms with E-state index in [9.17, 15) is 0 Å². The molecule has 0 fully saturated rings. The fourth-order valence-electron chi connectivity index (χ4n) is 12.5. The quantitative estimate of drug-likeness (QED) is 0.165. The molecule has 0 saturated carbocycles. The minimum atomic E-state index is -0.594. The first kappa shape index (κ1) is 36.8. The number of aryl methyl sites for hydroxylation is 1. The van der Waals surface area contributed by atoms with Crippen molar-refractivity contribution in [1.82, 2.24) is 0 Å². The molecule has 0 aromatic heterocycles. The summed E-state index contributed by atoms with van der Waals surface area (Å²) in [5, 5.41) is 0. The number of ether oxygens (including phenoxy) is 1. The molecule has 10 aromatic rings. The van der Waals surface area contributed by atoms with Gasteiger partial charge in [-0.05, 0) is 158 Å². The van der Waals surface area contributed by atoms with Gasteiger partial charge in [0.1, 0.15) is 0 Å². The molecule has 0 saturated heterocycles. The molecular weight excluding hydrogens is 814 g/mol. The molecular formula is C62H40BN3O. The molecule has 1 spiro atoms. The average Bonchev–Trinajstić information content (AvgIpc) is 3.84. The largest absolute Gasteiger partial charge is 0.453 e. The third-order valence-corrected chi connectivity index (χ3v) is 15.0. The van der Waals surface area contributed by atoms with E-state index in [0.717, 1.165) is 39.9 Å². The van der Waals surface area contributed by atoms with Crippen LogP contribution in [0.25, 0.3) is 22.3 Å². The van der Waals surface area contributed by atoms with Crippen molar-refractivity contribution < 1.29 is 4.74 Å². The number of hydrogen-bond acceptors (Lipinski definition) is 4. The molecule has 3 aliphatic heterocycles. The van der Waals surface area contributed by atoms with E-state index in [-0.39, 0.29) is 6.71 Å². The number of nitrogens with zero attached hydrogens (tertiary/aromatic N) is 3. The van der Waals surface area contributed by atoms with E-state index < -0.39 is 5.41 Å². The summed E-state index contributed by atoms with van der Waals surface area (Å²) in [6.07, 6.45) is 0. The van der Waals surface area contributed by atoms with Gasteiger partial charge in [0.15, 0.2) is 11.5 Å². The maximum Gasteiger partial charge on any atom is 0.252 e. The minimum absolute atomic E-state index is 0.00180. The molecule has 5 heteroatoms. The normalized spacial score (nSPS) is 15.9. The molecule has 1 unspecified atom stereocenters. The third-order valence-electron chi connectivity index (χ3n) is 15.0. The Morgan fingerprint density at radius 1 is 0.343 bits per heavy atom. The van der Waals surface area contributed by atoms with Crippen molar-refractivity contribution in [1.29, 1.82) is 0 Å². The van der Waals surface area contributed by atoms with E-state index in [1.165, 1.54) is 89.2 Å². The summed E-state index contributed by atoms with van der Waals surface area (Å²) in [7, 11) is 0. The van der Waals surface area contributed by atoms with Gasteiger partial charge in [-0.1, -0.05) is 140 Å². The van der Waals surface area contributed by atoms with Gasteiger partial charge in [0.05, 0.1) is 16.8 Å². The molecule has 15 rings (SSSR count). The average molecular weight is 854 g/mol. The molecule has 4 nitrogen and oxygen atoms in total. The number of fused-ring (bicyclic) bond motifs is 16. The van der Waals surface area contributed by atoms with Crippen molar-refractivity contribution in [2.24, 2.45) is 0 Å². The molecule has 0 bridgehead atoms. The minimum Gasteiger partial charge on any atom is -0.453 e.